The van der Waals surface area contributed by atoms with E-state index in [-0.39, 0.29) is 11.6 Å². The van der Waals surface area contributed by atoms with Crippen LogP contribution in [-0.2, 0) is 4.74 Å². The average molecular weight is 433 g/mol. The summed E-state index contributed by atoms with van der Waals surface area (Å²) in [6.07, 6.45) is 11.0. The Kier molecular flexibility index (Phi) is 5.20. The van der Waals surface area contributed by atoms with Crippen molar-refractivity contribution in [2.45, 2.75) is 18.9 Å². The minimum Gasteiger partial charge on any atom is -0.381 e. The molecule has 32 heavy (non-hydrogen) atoms. The lowest BCUT2D eigenvalue weighted by Crippen LogP contribution is -2.21. The molecular formula is C22H20FN7O2. The molecule has 1 saturated heterocycles. The lowest BCUT2D eigenvalue weighted by atomic mass is 10.1. The van der Waals surface area contributed by atoms with Gasteiger partial charge in [-0.05, 0) is 31.1 Å². The normalized spacial score (nSPS) is 15.0. The summed E-state index contributed by atoms with van der Waals surface area (Å²) < 4.78 is 22.2. The highest BCUT2D eigenvalue weighted by atomic mass is 19.1. The Morgan fingerprint density at radius 2 is 2.09 bits per heavy atom. The molecule has 1 aliphatic rings. The van der Waals surface area contributed by atoms with Crippen molar-refractivity contribution in [1.29, 1.82) is 0 Å². The van der Waals surface area contributed by atoms with E-state index >= 15 is 0 Å². The van der Waals surface area contributed by atoms with E-state index in [2.05, 4.69) is 26.1 Å². The molecule has 162 valence electrons. The molecule has 0 atom stereocenters. The lowest BCUT2D eigenvalue weighted by molar-refractivity contribution is 0.0708. The second-order valence-corrected chi connectivity index (χ2v) is 7.46. The Labute approximate surface area is 182 Å². The summed E-state index contributed by atoms with van der Waals surface area (Å²) in [6, 6.07) is 3.37. The molecule has 9 nitrogen and oxygen atoms in total. The van der Waals surface area contributed by atoms with Crippen molar-refractivity contribution in [3.05, 3.63) is 71.6 Å². The summed E-state index contributed by atoms with van der Waals surface area (Å²) >= 11 is 0. The number of nitrogens with zero attached hydrogens (tertiary/aromatic N) is 6. The molecule has 4 aromatic heterocycles. The fourth-order valence-electron chi connectivity index (χ4n) is 3.76. The molecule has 0 spiro atoms. The average Bonchev–Trinajstić information content (AvgIpc) is 3.43. The van der Waals surface area contributed by atoms with E-state index in [1.807, 2.05) is 0 Å². The van der Waals surface area contributed by atoms with Crippen LogP contribution in [0.5, 0.6) is 0 Å². The summed E-state index contributed by atoms with van der Waals surface area (Å²) in [5.74, 6) is 0.586. The van der Waals surface area contributed by atoms with Gasteiger partial charge in [-0.2, -0.15) is 4.98 Å². The zero-order valence-corrected chi connectivity index (χ0v) is 17.1. The van der Waals surface area contributed by atoms with Crippen molar-refractivity contribution < 1.29 is 9.13 Å². The van der Waals surface area contributed by atoms with Gasteiger partial charge >= 0.3 is 0 Å². The van der Waals surface area contributed by atoms with Crippen LogP contribution in [0.2, 0.25) is 0 Å². The molecule has 1 N–H and O–H groups in total. The van der Waals surface area contributed by atoms with Crippen molar-refractivity contribution in [2.24, 2.45) is 0 Å². The maximum absolute atomic E-state index is 12.9. The number of pyridine rings is 1. The van der Waals surface area contributed by atoms with Crippen molar-refractivity contribution in [2.75, 3.05) is 13.2 Å². The van der Waals surface area contributed by atoms with Crippen molar-refractivity contribution in [1.82, 2.24) is 34.1 Å². The molecule has 0 amide bonds. The number of aromatic nitrogens is 7. The van der Waals surface area contributed by atoms with Gasteiger partial charge in [0.2, 0.25) is 11.5 Å². The van der Waals surface area contributed by atoms with Crippen molar-refractivity contribution in [3.8, 4) is 17.3 Å². The van der Waals surface area contributed by atoms with E-state index in [0.29, 0.717) is 41.8 Å². The minimum atomic E-state index is -0.549. The zero-order valence-electron chi connectivity index (χ0n) is 17.1. The summed E-state index contributed by atoms with van der Waals surface area (Å²) in [7, 11) is 0. The molecule has 0 radical (unpaired) electrons. The topological polar surface area (TPSA) is 104 Å². The maximum Gasteiger partial charge on any atom is 0.247 e. The van der Waals surface area contributed by atoms with Gasteiger partial charge in [-0.1, -0.05) is 6.58 Å². The fourth-order valence-corrected chi connectivity index (χ4v) is 3.76. The molecule has 1 aliphatic heterocycles. The third-order valence-electron chi connectivity index (χ3n) is 5.29. The maximum atomic E-state index is 12.9. The first kappa shape index (κ1) is 20.0. The Bertz CT molecular complexity index is 1360. The number of allylic oxidation sites excluding steroid dienone is 2. The lowest BCUT2D eigenvalue weighted by Gasteiger charge is -2.25. The molecule has 4 aromatic rings. The SMILES string of the molecule is C=C(F)C=Cc1cn(-c2ncc3nc(-c4ccc(=O)[nH]c4)n(C4CCOCC4)c3n2)cn1. The first-order valence-electron chi connectivity index (χ1n) is 10.2. The summed E-state index contributed by atoms with van der Waals surface area (Å²) in [5.41, 5.74) is 2.50. The van der Waals surface area contributed by atoms with Crippen molar-refractivity contribution >= 4 is 17.2 Å². The first-order valence-corrected chi connectivity index (χ1v) is 10.2. The highest BCUT2D eigenvalue weighted by Crippen LogP contribution is 2.31. The standard InChI is InChI=1S/C22H20FN7O2/c1-14(23)2-4-16-12-29(13-26-16)22-25-11-18-21(28-22)30(17-6-8-32-9-7-17)20(27-18)15-3-5-19(31)24-10-15/h2-5,10-13,17H,1,6-9H2,(H,24,31). The highest BCUT2D eigenvalue weighted by molar-refractivity contribution is 5.77. The molecule has 0 aromatic carbocycles. The predicted octanol–water partition coefficient (Wildman–Crippen LogP) is 3.22. The van der Waals surface area contributed by atoms with Crippen LogP contribution in [-0.4, -0.2) is 47.3 Å². The van der Waals surface area contributed by atoms with E-state index in [1.54, 1.807) is 35.6 Å². The van der Waals surface area contributed by atoms with E-state index in [0.717, 1.165) is 18.4 Å². The predicted molar refractivity (Wildman–Crippen MR) is 117 cm³/mol. The van der Waals surface area contributed by atoms with Crippen LogP contribution in [0.4, 0.5) is 4.39 Å². The number of hydrogen-bond donors (Lipinski definition) is 1. The van der Waals surface area contributed by atoms with Gasteiger partial charge in [-0.25, -0.2) is 19.3 Å². The Hall–Kier alpha value is -3.92. The Morgan fingerprint density at radius 3 is 2.84 bits per heavy atom. The second kappa shape index (κ2) is 8.31. The van der Waals surface area contributed by atoms with Crippen LogP contribution in [0, 0.1) is 0 Å². The van der Waals surface area contributed by atoms with Crippen LogP contribution < -0.4 is 5.56 Å². The molecule has 5 heterocycles. The first-order chi connectivity index (χ1) is 15.6. The van der Waals surface area contributed by atoms with Crippen LogP contribution in [0.25, 0.3) is 34.6 Å². The molecule has 0 aliphatic carbocycles. The van der Waals surface area contributed by atoms with Gasteiger partial charge in [0, 0.05) is 43.3 Å². The number of aromatic amines is 1. The van der Waals surface area contributed by atoms with Crippen LogP contribution in [0.15, 0.2) is 60.3 Å². The van der Waals surface area contributed by atoms with Gasteiger partial charge in [0.05, 0.1) is 11.9 Å². The van der Waals surface area contributed by atoms with Gasteiger partial charge in [-0.3, -0.25) is 9.36 Å². The van der Waals surface area contributed by atoms with E-state index < -0.39 is 5.83 Å². The second-order valence-electron chi connectivity index (χ2n) is 7.46. The van der Waals surface area contributed by atoms with Crippen LogP contribution in [0.1, 0.15) is 24.6 Å². The number of rotatable bonds is 5. The number of imidazole rings is 2. The molecule has 5 rings (SSSR count). The van der Waals surface area contributed by atoms with Crippen LogP contribution in [0.3, 0.4) is 0 Å². The Balaban J connectivity index is 1.62. The van der Waals surface area contributed by atoms with Crippen molar-refractivity contribution in [3.63, 3.8) is 0 Å². The minimum absolute atomic E-state index is 0.148. The quantitative estimate of drug-likeness (QED) is 0.485. The Morgan fingerprint density at radius 1 is 1.25 bits per heavy atom. The zero-order chi connectivity index (χ0) is 22.1. The third-order valence-corrected chi connectivity index (χ3v) is 5.29. The van der Waals surface area contributed by atoms with Gasteiger partial charge in [0.1, 0.15) is 23.5 Å². The third kappa shape index (κ3) is 3.87. The molecule has 0 saturated carbocycles. The van der Waals surface area contributed by atoms with Gasteiger partial charge in [0.25, 0.3) is 0 Å². The number of H-pyrrole nitrogens is 1. The number of nitrogens with one attached hydrogen (secondary N) is 1. The molecular weight excluding hydrogens is 413 g/mol. The summed E-state index contributed by atoms with van der Waals surface area (Å²) in [6.45, 7) is 4.52. The molecule has 0 bridgehead atoms. The molecule has 1 fully saturated rings. The number of fused-ring (bicyclic) bond motifs is 1. The molecule has 10 heteroatoms. The number of ether oxygens (including phenoxy) is 1. The van der Waals surface area contributed by atoms with Gasteiger partial charge in [-0.15, -0.1) is 0 Å². The highest BCUT2D eigenvalue weighted by Gasteiger charge is 2.24. The molecule has 0 unspecified atom stereocenters. The van der Waals surface area contributed by atoms with Gasteiger partial charge in [0.15, 0.2) is 5.65 Å². The number of hydrogen-bond acceptors (Lipinski definition) is 6. The smallest absolute Gasteiger partial charge is 0.247 e. The summed E-state index contributed by atoms with van der Waals surface area (Å²) in [5, 5.41) is 0. The monoisotopic (exact) mass is 433 g/mol. The van der Waals surface area contributed by atoms with E-state index in [4.69, 9.17) is 14.7 Å². The van der Waals surface area contributed by atoms with E-state index in [9.17, 15) is 9.18 Å². The number of halogens is 1. The fraction of sp³-hybridized carbons (Fsp3) is 0.227. The summed E-state index contributed by atoms with van der Waals surface area (Å²) in [4.78, 5) is 32.5. The largest absolute Gasteiger partial charge is 0.381 e. The van der Waals surface area contributed by atoms with E-state index in [1.165, 1.54) is 18.2 Å². The van der Waals surface area contributed by atoms with Gasteiger partial charge < -0.3 is 14.3 Å². The van der Waals surface area contributed by atoms with Crippen LogP contribution >= 0.6 is 0 Å².